The molecule has 1 fully saturated rings. The number of carbonyl (C=O) groups is 2. The number of carbonyl (C=O) groups excluding carboxylic acids is 2. The highest BCUT2D eigenvalue weighted by molar-refractivity contribution is 5.98. The highest BCUT2D eigenvalue weighted by atomic mass is 16.6. The Morgan fingerprint density at radius 2 is 1.88 bits per heavy atom. The molecule has 7 nitrogen and oxygen atoms in total. The largest absolute Gasteiger partial charge is 0.348 e. The van der Waals surface area contributed by atoms with Crippen molar-refractivity contribution >= 4 is 23.2 Å². The van der Waals surface area contributed by atoms with E-state index < -0.39 is 10.8 Å². The molecule has 0 spiro atoms. The van der Waals surface area contributed by atoms with E-state index >= 15 is 0 Å². The van der Waals surface area contributed by atoms with E-state index in [-0.39, 0.29) is 29.6 Å². The molecule has 2 amide bonds. The van der Waals surface area contributed by atoms with Gasteiger partial charge in [-0.2, -0.15) is 0 Å². The normalized spacial score (nSPS) is 13.1. The van der Waals surface area contributed by atoms with Gasteiger partial charge in [-0.15, -0.1) is 0 Å². The van der Waals surface area contributed by atoms with Crippen molar-refractivity contribution in [2.45, 2.75) is 19.4 Å². The molecule has 128 valence electrons. The summed E-state index contributed by atoms with van der Waals surface area (Å²) in [5.41, 5.74) is 1.26. The topological polar surface area (TPSA) is 101 Å². The third-order valence-electron chi connectivity index (χ3n) is 3.94. The van der Waals surface area contributed by atoms with Crippen LogP contribution in [0.2, 0.25) is 0 Å². The molecule has 0 bridgehead atoms. The number of nitro benzene ring substituents is 1. The van der Waals surface area contributed by atoms with Gasteiger partial charge in [0.1, 0.15) is 5.56 Å². The summed E-state index contributed by atoms with van der Waals surface area (Å²) in [6.07, 6.45) is 1.86. The lowest BCUT2D eigenvalue weighted by molar-refractivity contribution is -0.385. The first-order chi connectivity index (χ1) is 12.0. The van der Waals surface area contributed by atoms with Crippen LogP contribution in [-0.2, 0) is 11.3 Å². The molecule has 0 aromatic heterocycles. The van der Waals surface area contributed by atoms with Gasteiger partial charge in [-0.05, 0) is 36.6 Å². The van der Waals surface area contributed by atoms with Crippen molar-refractivity contribution in [1.82, 2.24) is 5.32 Å². The molecule has 25 heavy (non-hydrogen) atoms. The summed E-state index contributed by atoms with van der Waals surface area (Å²) in [5.74, 6) is -0.386. The van der Waals surface area contributed by atoms with E-state index in [1.165, 1.54) is 18.2 Å². The van der Waals surface area contributed by atoms with Gasteiger partial charge in [-0.25, -0.2) is 0 Å². The molecule has 2 aromatic carbocycles. The zero-order valence-electron chi connectivity index (χ0n) is 13.4. The number of nitrogens with one attached hydrogen (secondary N) is 2. The van der Waals surface area contributed by atoms with Crippen LogP contribution in [0.4, 0.5) is 11.4 Å². The van der Waals surface area contributed by atoms with Crippen LogP contribution in [0.5, 0.6) is 0 Å². The first-order valence-corrected chi connectivity index (χ1v) is 7.96. The summed E-state index contributed by atoms with van der Waals surface area (Å²) in [4.78, 5) is 34.4. The predicted octanol–water partition coefficient (Wildman–Crippen LogP) is 2.87. The van der Waals surface area contributed by atoms with E-state index in [9.17, 15) is 19.7 Å². The molecule has 0 heterocycles. The van der Waals surface area contributed by atoms with Gasteiger partial charge < -0.3 is 10.6 Å². The third-order valence-corrected chi connectivity index (χ3v) is 3.94. The van der Waals surface area contributed by atoms with Gasteiger partial charge in [-0.1, -0.05) is 24.3 Å². The van der Waals surface area contributed by atoms with Gasteiger partial charge in [0.15, 0.2) is 0 Å². The van der Waals surface area contributed by atoms with Crippen molar-refractivity contribution in [2.24, 2.45) is 5.92 Å². The molecule has 0 radical (unpaired) electrons. The lowest BCUT2D eigenvalue weighted by Crippen LogP contribution is -2.23. The second kappa shape index (κ2) is 7.12. The quantitative estimate of drug-likeness (QED) is 0.624. The van der Waals surface area contributed by atoms with Crippen molar-refractivity contribution in [3.05, 3.63) is 69.8 Å². The Labute approximate surface area is 144 Å². The maximum atomic E-state index is 12.2. The van der Waals surface area contributed by atoms with Crippen molar-refractivity contribution in [3.63, 3.8) is 0 Å². The molecular formula is C18H17N3O4. The number of para-hydroxylation sites is 1. The SMILES string of the molecule is O=C(NCc1cccc(NC(=O)C2CC2)c1)c1ccccc1[N+](=O)[O-]. The van der Waals surface area contributed by atoms with Crippen LogP contribution in [0.25, 0.3) is 0 Å². The van der Waals surface area contributed by atoms with Crippen LogP contribution in [0.1, 0.15) is 28.8 Å². The van der Waals surface area contributed by atoms with Gasteiger partial charge in [0.2, 0.25) is 5.91 Å². The predicted molar refractivity (Wildman–Crippen MR) is 92.1 cm³/mol. The number of rotatable bonds is 6. The third kappa shape index (κ3) is 4.20. The van der Waals surface area contributed by atoms with E-state index in [0.29, 0.717) is 5.69 Å². The number of benzene rings is 2. The maximum Gasteiger partial charge on any atom is 0.282 e. The highest BCUT2D eigenvalue weighted by Crippen LogP contribution is 2.30. The van der Waals surface area contributed by atoms with Crippen molar-refractivity contribution in [3.8, 4) is 0 Å². The number of nitrogens with zero attached hydrogens (tertiary/aromatic N) is 1. The fourth-order valence-electron chi connectivity index (χ4n) is 2.45. The molecule has 7 heteroatoms. The fourth-order valence-corrected chi connectivity index (χ4v) is 2.45. The monoisotopic (exact) mass is 339 g/mol. The molecule has 1 aliphatic rings. The summed E-state index contributed by atoms with van der Waals surface area (Å²) >= 11 is 0. The number of hydrogen-bond donors (Lipinski definition) is 2. The van der Waals surface area contributed by atoms with E-state index in [1.807, 2.05) is 6.07 Å². The molecule has 2 aromatic rings. The maximum absolute atomic E-state index is 12.2. The molecule has 3 rings (SSSR count). The van der Waals surface area contributed by atoms with Crippen molar-refractivity contribution in [2.75, 3.05) is 5.32 Å². The molecular weight excluding hydrogens is 322 g/mol. The van der Waals surface area contributed by atoms with Crippen LogP contribution in [-0.4, -0.2) is 16.7 Å². The average Bonchev–Trinajstić information content (AvgIpc) is 3.45. The molecule has 0 saturated heterocycles. The molecule has 0 atom stereocenters. The zero-order valence-corrected chi connectivity index (χ0v) is 13.4. The number of anilines is 1. The Balaban J connectivity index is 1.64. The molecule has 1 aliphatic carbocycles. The first kappa shape index (κ1) is 16.6. The van der Waals surface area contributed by atoms with Crippen molar-refractivity contribution in [1.29, 1.82) is 0 Å². The lowest BCUT2D eigenvalue weighted by Gasteiger charge is -2.09. The summed E-state index contributed by atoms with van der Waals surface area (Å²) in [6.45, 7) is 0.206. The van der Waals surface area contributed by atoms with Crippen molar-refractivity contribution < 1.29 is 14.5 Å². The van der Waals surface area contributed by atoms with E-state index in [2.05, 4.69) is 10.6 Å². The minimum atomic E-state index is -0.580. The van der Waals surface area contributed by atoms with Crippen LogP contribution in [0, 0.1) is 16.0 Å². The average molecular weight is 339 g/mol. The molecule has 1 saturated carbocycles. The highest BCUT2D eigenvalue weighted by Gasteiger charge is 2.29. The lowest BCUT2D eigenvalue weighted by atomic mass is 10.1. The summed E-state index contributed by atoms with van der Waals surface area (Å²) < 4.78 is 0. The van der Waals surface area contributed by atoms with Crippen LogP contribution >= 0.6 is 0 Å². The van der Waals surface area contributed by atoms with Crippen LogP contribution < -0.4 is 10.6 Å². The number of nitro groups is 1. The molecule has 0 unspecified atom stereocenters. The Morgan fingerprint density at radius 3 is 2.60 bits per heavy atom. The van der Waals surface area contributed by atoms with Gasteiger partial charge in [0.05, 0.1) is 4.92 Å². The van der Waals surface area contributed by atoms with Crippen LogP contribution in [0.3, 0.4) is 0 Å². The van der Waals surface area contributed by atoms with Crippen LogP contribution in [0.15, 0.2) is 48.5 Å². The Hall–Kier alpha value is -3.22. The minimum absolute atomic E-state index is 0.0149. The zero-order chi connectivity index (χ0) is 17.8. The molecule has 2 N–H and O–H groups in total. The number of amides is 2. The summed E-state index contributed by atoms with van der Waals surface area (Å²) in [7, 11) is 0. The van der Waals surface area contributed by atoms with Gasteiger partial charge in [0.25, 0.3) is 11.6 Å². The minimum Gasteiger partial charge on any atom is -0.348 e. The second-order valence-electron chi connectivity index (χ2n) is 5.92. The summed E-state index contributed by atoms with van der Waals surface area (Å²) in [5, 5.41) is 16.5. The Morgan fingerprint density at radius 1 is 1.12 bits per heavy atom. The van der Waals surface area contributed by atoms with E-state index in [0.717, 1.165) is 18.4 Å². The van der Waals surface area contributed by atoms with Gasteiger partial charge >= 0.3 is 0 Å². The van der Waals surface area contributed by atoms with Gasteiger partial charge in [0, 0.05) is 24.2 Å². The van der Waals surface area contributed by atoms with E-state index in [4.69, 9.17) is 0 Å². The molecule has 0 aliphatic heterocycles. The fraction of sp³-hybridized carbons (Fsp3) is 0.222. The summed E-state index contributed by atoms with van der Waals surface area (Å²) in [6, 6.07) is 13.0. The first-order valence-electron chi connectivity index (χ1n) is 7.96. The Bertz CT molecular complexity index is 831. The number of hydrogen-bond acceptors (Lipinski definition) is 4. The second-order valence-corrected chi connectivity index (χ2v) is 5.92. The smallest absolute Gasteiger partial charge is 0.282 e. The van der Waals surface area contributed by atoms with Gasteiger partial charge in [-0.3, -0.25) is 19.7 Å². The van der Waals surface area contributed by atoms with E-state index in [1.54, 1.807) is 24.3 Å². The Kier molecular flexibility index (Phi) is 4.74. The standard InChI is InChI=1S/C18H17N3O4/c22-17(13-8-9-13)20-14-5-3-4-12(10-14)11-19-18(23)15-6-1-2-7-16(15)21(24)25/h1-7,10,13H,8-9,11H2,(H,19,23)(H,20,22).